The quantitative estimate of drug-likeness (QED) is 0.0764. The van der Waals surface area contributed by atoms with Crippen LogP contribution in [-0.4, -0.2) is 76.7 Å². The molecule has 2 aliphatic carbocycles. The summed E-state index contributed by atoms with van der Waals surface area (Å²) >= 11 is 0. The molecule has 4 aromatic heterocycles. The Labute approximate surface area is 442 Å². The van der Waals surface area contributed by atoms with Crippen molar-refractivity contribution in [2.75, 3.05) is 0 Å². The number of esters is 1. The number of halogens is 1. The SMILES string of the molecule is Cc1oc(-c2ccc(C(=O)NCc3cccnc3)cc2)nc1CS(=O)(=O)[C@@H]1CC[C@H](CC(=O)OC(C)(C)C)C1.Cc1oc(-c2ccc(C(=O)NCc3cccnc3)cc2)nc1CS(=O)(=O)[C@@H]1CC[C@H](N)C1.Cl.[2H]CC. The largest absolute Gasteiger partial charge is 0.460 e. The summed E-state index contributed by atoms with van der Waals surface area (Å²) in [5.74, 6) is 0.447. The highest BCUT2D eigenvalue weighted by Crippen LogP contribution is 2.36. The molecule has 6 aromatic rings. The Morgan fingerprint density at radius 2 is 1.14 bits per heavy atom. The van der Waals surface area contributed by atoms with Crippen molar-refractivity contribution >= 4 is 49.9 Å². The third-order valence-corrected chi connectivity index (χ3v) is 16.6. The number of pyridine rings is 2. The van der Waals surface area contributed by atoms with Gasteiger partial charge in [-0.1, -0.05) is 26.0 Å². The number of hydrogen-bond donors (Lipinski definition) is 3. The number of nitrogens with zero attached hydrogens (tertiary/aromatic N) is 4. The van der Waals surface area contributed by atoms with Gasteiger partial charge in [0, 0.05) is 74.0 Å². The molecular weight excluding hydrogens is 1010 g/mol. The lowest BCUT2D eigenvalue weighted by molar-refractivity contribution is -0.155. The number of hydrogen-bond acceptors (Lipinski definition) is 15. The molecule has 398 valence electrons. The van der Waals surface area contributed by atoms with Crippen LogP contribution in [0.1, 0.15) is 136 Å². The number of rotatable bonds is 16. The monoisotopic (exact) mass is 1070 g/mol. The summed E-state index contributed by atoms with van der Waals surface area (Å²) in [6, 6.07) is 21.0. The molecule has 0 aliphatic heterocycles. The maximum atomic E-state index is 13.2. The molecule has 20 heteroatoms. The number of nitrogens with one attached hydrogen (secondary N) is 2. The van der Waals surface area contributed by atoms with Crippen molar-refractivity contribution in [1.82, 2.24) is 30.6 Å². The van der Waals surface area contributed by atoms with Gasteiger partial charge in [-0.25, -0.2) is 26.8 Å². The molecule has 0 saturated heterocycles. The Morgan fingerprint density at radius 3 is 1.53 bits per heavy atom. The van der Waals surface area contributed by atoms with Crippen molar-refractivity contribution in [3.63, 3.8) is 0 Å². The predicted molar refractivity (Wildman–Crippen MR) is 285 cm³/mol. The van der Waals surface area contributed by atoms with E-state index >= 15 is 0 Å². The summed E-state index contributed by atoms with van der Waals surface area (Å²) in [5.41, 5.74) is 10.2. The zero-order valence-electron chi connectivity index (χ0n) is 43.7. The Hall–Kier alpha value is -6.28. The summed E-state index contributed by atoms with van der Waals surface area (Å²) in [5, 5.41) is 4.77. The van der Waals surface area contributed by atoms with Gasteiger partial charge < -0.3 is 29.9 Å². The fraction of sp³-hybridized carbons (Fsp3) is 0.426. The lowest BCUT2D eigenvalue weighted by Crippen LogP contribution is -2.25. The first-order valence-electron chi connectivity index (χ1n) is 25.0. The number of oxazole rings is 2. The molecule has 0 radical (unpaired) electrons. The molecule has 2 aromatic carbocycles. The van der Waals surface area contributed by atoms with Gasteiger partial charge in [-0.2, -0.15) is 0 Å². The van der Waals surface area contributed by atoms with Gasteiger partial charge in [0.05, 0.1) is 33.4 Å². The van der Waals surface area contributed by atoms with E-state index in [4.69, 9.17) is 20.7 Å². The lowest BCUT2D eigenvalue weighted by Gasteiger charge is -2.20. The molecule has 2 amide bonds. The second kappa shape index (κ2) is 26.3. The molecule has 8 rings (SSSR count). The molecule has 74 heavy (non-hydrogen) atoms. The van der Waals surface area contributed by atoms with Crippen molar-refractivity contribution in [3.8, 4) is 22.9 Å². The van der Waals surface area contributed by atoms with Crippen LogP contribution in [0.3, 0.4) is 0 Å². The summed E-state index contributed by atoms with van der Waals surface area (Å²) in [6.07, 6.45) is 10.4. The second-order valence-corrected chi connectivity index (χ2v) is 23.7. The molecule has 0 unspecified atom stereocenters. The molecule has 0 bridgehead atoms. The van der Waals surface area contributed by atoms with Crippen LogP contribution in [0.15, 0.2) is 106 Å². The maximum absolute atomic E-state index is 13.2. The van der Waals surface area contributed by atoms with Crippen molar-refractivity contribution in [2.24, 2.45) is 11.7 Å². The fourth-order valence-electron chi connectivity index (χ4n) is 8.55. The van der Waals surface area contributed by atoms with E-state index in [2.05, 4.69) is 30.6 Å². The smallest absolute Gasteiger partial charge is 0.306 e. The average molecular weight is 1080 g/mol. The summed E-state index contributed by atoms with van der Waals surface area (Å²) < 4.78 is 75.0. The molecule has 17 nitrogen and oxygen atoms in total. The van der Waals surface area contributed by atoms with Gasteiger partial charge in [-0.3, -0.25) is 24.4 Å². The molecule has 4 atom stereocenters. The number of ether oxygens (including phenoxy) is 1. The van der Waals surface area contributed by atoms with E-state index in [0.717, 1.165) is 17.5 Å². The Kier molecular flexibility index (Phi) is 20.2. The molecular formula is C54H68ClN7O10S2. The van der Waals surface area contributed by atoms with E-state index in [9.17, 15) is 31.2 Å². The zero-order valence-corrected chi connectivity index (χ0v) is 45.2. The van der Waals surface area contributed by atoms with Crippen LogP contribution in [0.2, 0.25) is 0 Å². The van der Waals surface area contributed by atoms with Crippen molar-refractivity contribution in [2.45, 2.75) is 140 Å². The second-order valence-electron chi connectivity index (χ2n) is 19.2. The van der Waals surface area contributed by atoms with E-state index in [1.807, 2.05) is 45.0 Å². The van der Waals surface area contributed by atoms with Crippen molar-refractivity contribution in [1.29, 1.82) is 0 Å². The van der Waals surface area contributed by atoms with Crippen LogP contribution in [0, 0.1) is 19.8 Å². The third-order valence-electron chi connectivity index (χ3n) is 12.4. The molecule has 4 N–H and O–H groups in total. The summed E-state index contributed by atoms with van der Waals surface area (Å²) in [4.78, 5) is 54.0. The topological polar surface area (TPSA) is 257 Å². The Morgan fingerprint density at radius 1 is 0.703 bits per heavy atom. The van der Waals surface area contributed by atoms with E-state index in [0.29, 0.717) is 109 Å². The van der Waals surface area contributed by atoms with Gasteiger partial charge in [-0.05, 0) is 151 Å². The minimum absolute atomic E-state index is 0. The number of sulfone groups is 2. The van der Waals surface area contributed by atoms with Crippen molar-refractivity contribution in [3.05, 3.63) is 143 Å². The minimum Gasteiger partial charge on any atom is -0.460 e. The Bertz CT molecular complexity index is 3040. The molecule has 4 heterocycles. The fourth-order valence-corrected chi connectivity index (χ4v) is 12.4. The highest BCUT2D eigenvalue weighted by Gasteiger charge is 2.37. The first-order valence-corrected chi connectivity index (χ1v) is 27.7. The predicted octanol–water partition coefficient (Wildman–Crippen LogP) is 9.01. The van der Waals surface area contributed by atoms with E-state index in [1.54, 1.807) is 94.1 Å². The van der Waals surface area contributed by atoms with Crippen LogP contribution in [0.5, 0.6) is 0 Å². The minimum atomic E-state index is -3.49. The molecule has 0 spiro atoms. The number of aromatic nitrogens is 4. The summed E-state index contributed by atoms with van der Waals surface area (Å²) in [6.45, 7) is 11.9. The normalized spacial score (nSPS) is 17.6. The summed E-state index contributed by atoms with van der Waals surface area (Å²) in [7, 11) is -6.83. The standard InChI is InChI=1S/C29H35N3O6S.C23H26N4O4S.C2H6.ClH/c1-19-25(18-39(35,36)24-12-7-20(14-24)15-26(33)38-29(2,3)4)32-28(37-19)23-10-8-22(9-11-23)27(34)31-17-21-6-5-13-30-16-21;1-15-21(14-32(29,30)20-9-8-19(24)11-20)27-23(31-15)18-6-4-17(5-7-18)22(28)26-13-16-3-2-10-25-12-16;1-2;/h5-6,8-11,13,16,20,24H,7,12,14-15,17-18H2,1-4H3,(H,31,34);2-7,10,12,19-20H,8-9,11,13-14,24H2,1H3,(H,26,28);1-2H3;1H/t20-,24+;19-,20+;;/m00../s1/i;;1D;. The maximum Gasteiger partial charge on any atom is 0.306 e. The van der Waals surface area contributed by atoms with Gasteiger partial charge >= 0.3 is 5.97 Å². The van der Waals surface area contributed by atoms with Crippen LogP contribution in [0.25, 0.3) is 22.9 Å². The van der Waals surface area contributed by atoms with Gasteiger partial charge in [0.25, 0.3) is 11.8 Å². The molecule has 2 fully saturated rings. The zero-order chi connectivity index (χ0) is 53.6. The first kappa shape index (κ1) is 57.0. The van der Waals surface area contributed by atoms with Gasteiger partial charge in [0.2, 0.25) is 11.8 Å². The average Bonchev–Trinajstić information content (AvgIpc) is 4.19. The van der Waals surface area contributed by atoms with Crippen LogP contribution < -0.4 is 16.4 Å². The van der Waals surface area contributed by atoms with E-state index in [1.165, 1.54) is 0 Å². The van der Waals surface area contributed by atoms with E-state index in [-0.39, 0.29) is 60.1 Å². The van der Waals surface area contributed by atoms with Gasteiger partial charge in [-0.15, -0.1) is 12.4 Å². The Balaban J connectivity index is 0.000000264. The van der Waals surface area contributed by atoms with Crippen LogP contribution in [-0.2, 0) is 53.8 Å². The van der Waals surface area contributed by atoms with Gasteiger partial charge in [0.15, 0.2) is 19.7 Å². The number of amides is 2. The lowest BCUT2D eigenvalue weighted by atomic mass is 10.0. The van der Waals surface area contributed by atoms with Crippen molar-refractivity contribution < 1.29 is 46.2 Å². The van der Waals surface area contributed by atoms with Crippen LogP contribution >= 0.6 is 12.4 Å². The molecule has 2 saturated carbocycles. The van der Waals surface area contributed by atoms with E-state index < -0.39 is 35.8 Å². The molecule has 2 aliphatic rings. The number of benzene rings is 2. The number of carbonyl (C=O) groups is 3. The van der Waals surface area contributed by atoms with Gasteiger partial charge in [0.1, 0.15) is 17.1 Å². The highest BCUT2D eigenvalue weighted by molar-refractivity contribution is 7.91. The third kappa shape index (κ3) is 16.6. The van der Waals surface area contributed by atoms with Crippen LogP contribution in [0.4, 0.5) is 0 Å². The number of nitrogens with two attached hydrogens (primary N) is 1. The number of aryl methyl sites for hydroxylation is 2. The number of carbonyl (C=O) groups excluding carboxylic acids is 3. The first-order chi connectivity index (χ1) is 35.1. The highest BCUT2D eigenvalue weighted by atomic mass is 35.5.